The largest absolute Gasteiger partial charge is 0.493 e. The first kappa shape index (κ1) is 39.0. The lowest BCUT2D eigenvalue weighted by molar-refractivity contribution is -0.134. The number of benzene rings is 3. The number of carboxylic acid groups (broad SMARTS) is 2. The Kier molecular flexibility index (Phi) is 14.9. The molecule has 1 aliphatic heterocycles. The van der Waals surface area contributed by atoms with Crippen LogP contribution in [0.25, 0.3) is 0 Å². The molecule has 0 unspecified atom stereocenters. The van der Waals surface area contributed by atoms with Crippen molar-refractivity contribution in [1.82, 2.24) is 4.90 Å². The van der Waals surface area contributed by atoms with E-state index in [-0.39, 0.29) is 17.2 Å². The van der Waals surface area contributed by atoms with Crippen LogP contribution in [0.5, 0.6) is 11.5 Å². The topological polar surface area (TPSA) is 188 Å². The molecule has 4 rings (SSSR count). The highest BCUT2D eigenvalue weighted by Crippen LogP contribution is 2.44. The Labute approximate surface area is 276 Å². The molecule has 258 valence electrons. The number of hydrogen-bond acceptors (Lipinski definition) is 7. The van der Waals surface area contributed by atoms with E-state index < -0.39 is 34.9 Å². The third-order valence-corrected chi connectivity index (χ3v) is 8.00. The number of primary amides is 1. The lowest BCUT2D eigenvalue weighted by atomic mass is 9.62. The quantitative estimate of drug-likeness (QED) is 0.137. The second kappa shape index (κ2) is 18.3. The summed E-state index contributed by atoms with van der Waals surface area (Å²) >= 11 is 0. The summed E-state index contributed by atoms with van der Waals surface area (Å²) < 4.78 is 38.8. The zero-order valence-corrected chi connectivity index (χ0v) is 26.7. The number of rotatable bonds is 13. The van der Waals surface area contributed by atoms with Crippen LogP contribution in [0.3, 0.4) is 0 Å². The number of hydrogen-bond donors (Lipinski definition) is 3. The number of carbonyl (C=O) groups is 4. The number of carboxylic acids is 2. The maximum atomic E-state index is 13.8. The summed E-state index contributed by atoms with van der Waals surface area (Å²) in [5.41, 5.74) is 6.69. The zero-order chi connectivity index (χ0) is 34.6. The smallest absolute Gasteiger partial charge is 0.328 e. The molecular formula is C35H40F2N2O9. The normalized spacial score (nSPS) is 13.5. The molecule has 1 amide bonds. The molecule has 48 heavy (non-hydrogen) atoms. The Morgan fingerprint density at radius 3 is 1.79 bits per heavy atom. The van der Waals surface area contributed by atoms with Crippen molar-refractivity contribution in [2.75, 3.05) is 33.4 Å². The number of ketones is 1. The Balaban J connectivity index is 0.000000791. The molecule has 0 bridgehead atoms. The summed E-state index contributed by atoms with van der Waals surface area (Å²) in [5, 5.41) is 15.6. The predicted octanol–water partition coefficient (Wildman–Crippen LogP) is 4.02. The number of nitrogens with zero attached hydrogens (tertiary/aromatic N) is 1. The number of likely N-dealkylation sites (tertiary alicyclic amines) is 1. The number of nitrogens with two attached hydrogens (primary N) is 1. The average Bonchev–Trinajstić information content (AvgIpc) is 3.04. The second-order valence-electron chi connectivity index (χ2n) is 10.9. The van der Waals surface area contributed by atoms with Crippen molar-refractivity contribution >= 4 is 23.6 Å². The molecule has 0 spiro atoms. The first-order valence-corrected chi connectivity index (χ1v) is 14.9. The number of piperidine rings is 1. The van der Waals surface area contributed by atoms with Gasteiger partial charge in [-0.15, -0.1) is 0 Å². The molecule has 1 aliphatic rings. The lowest BCUT2D eigenvalue weighted by Crippen LogP contribution is -2.52. The molecule has 1 saturated heterocycles. The van der Waals surface area contributed by atoms with Crippen molar-refractivity contribution in [2.24, 2.45) is 11.7 Å². The van der Waals surface area contributed by atoms with E-state index in [0.717, 1.165) is 26.1 Å². The van der Waals surface area contributed by atoms with E-state index in [9.17, 15) is 28.0 Å². The van der Waals surface area contributed by atoms with Crippen LogP contribution in [-0.2, 0) is 19.8 Å². The van der Waals surface area contributed by atoms with Crippen LogP contribution in [0.4, 0.5) is 8.78 Å². The van der Waals surface area contributed by atoms with Gasteiger partial charge >= 0.3 is 11.9 Å². The van der Waals surface area contributed by atoms with E-state index in [2.05, 4.69) is 4.90 Å². The first-order valence-electron chi connectivity index (χ1n) is 14.9. The monoisotopic (exact) mass is 670 g/mol. The number of amides is 1. The van der Waals surface area contributed by atoms with Crippen molar-refractivity contribution < 1.29 is 53.1 Å². The van der Waals surface area contributed by atoms with Gasteiger partial charge in [0.05, 0.1) is 13.7 Å². The Morgan fingerprint density at radius 2 is 1.38 bits per heavy atom. The summed E-state index contributed by atoms with van der Waals surface area (Å²) in [6.45, 7) is 4.28. The molecule has 3 aromatic rings. The fourth-order valence-electron chi connectivity index (χ4n) is 5.76. The Hall–Kier alpha value is -5.14. The molecule has 1 heterocycles. The number of ether oxygens (including phenoxy) is 2. The number of methoxy groups -OCH3 is 1. The van der Waals surface area contributed by atoms with Gasteiger partial charge in [-0.2, -0.15) is 0 Å². The van der Waals surface area contributed by atoms with Crippen LogP contribution in [0.2, 0.25) is 0 Å². The third-order valence-electron chi connectivity index (χ3n) is 8.00. The van der Waals surface area contributed by atoms with E-state index in [0.29, 0.717) is 59.8 Å². The van der Waals surface area contributed by atoms with Gasteiger partial charge in [0, 0.05) is 24.3 Å². The minimum atomic E-state index is -1.26. The molecule has 0 aromatic heterocycles. The van der Waals surface area contributed by atoms with E-state index in [1.54, 1.807) is 49.6 Å². The van der Waals surface area contributed by atoms with E-state index in [1.165, 1.54) is 31.2 Å². The van der Waals surface area contributed by atoms with Crippen LogP contribution >= 0.6 is 0 Å². The van der Waals surface area contributed by atoms with Gasteiger partial charge in [-0.25, -0.2) is 18.4 Å². The minimum Gasteiger partial charge on any atom is -0.493 e. The van der Waals surface area contributed by atoms with Gasteiger partial charge in [-0.3, -0.25) is 9.59 Å². The van der Waals surface area contributed by atoms with Gasteiger partial charge < -0.3 is 35.8 Å². The number of halogens is 2. The molecule has 13 heteroatoms. The molecule has 3 aromatic carbocycles. The predicted molar refractivity (Wildman–Crippen MR) is 173 cm³/mol. The molecule has 0 aliphatic carbocycles. The SMILES string of the molecule is COc1cc(C(C)=O)ccc1OCCCN1CCC(C(C(N)=O)(c2ccc(F)cc2)c2ccc(F)cc2)CC1.O.O=C(O)/C=C/C(=O)O. The minimum absolute atomic E-state index is 0. The maximum Gasteiger partial charge on any atom is 0.328 e. The average molecular weight is 671 g/mol. The van der Waals surface area contributed by atoms with Gasteiger partial charge in [0.2, 0.25) is 5.91 Å². The van der Waals surface area contributed by atoms with Crippen LogP contribution in [0, 0.1) is 17.6 Å². The Bertz CT molecular complexity index is 1510. The van der Waals surface area contributed by atoms with Crippen LogP contribution in [-0.4, -0.2) is 77.6 Å². The molecule has 0 radical (unpaired) electrons. The standard InChI is InChI=1S/C31H34F2N2O4.C4H4O4.H2O/c1-21(36)22-4-13-28(29(20-22)38-2)39-19-3-16-35-17-14-25(15-18-35)31(30(34)37,23-5-9-26(32)10-6-23)24-7-11-27(33)12-8-24;5-3(6)1-2-4(7)8;/h4-13,20,25H,3,14-19H2,1-2H3,(H2,34,37);1-2H,(H,5,6)(H,7,8);1H2/b;2-1+;. The molecule has 0 atom stereocenters. The van der Waals surface area contributed by atoms with Crippen molar-refractivity contribution in [3.05, 3.63) is 107 Å². The van der Waals surface area contributed by atoms with Gasteiger partial charge in [-0.05, 0) is 98.8 Å². The van der Waals surface area contributed by atoms with E-state index >= 15 is 0 Å². The summed E-state index contributed by atoms with van der Waals surface area (Å²) in [6.07, 6.45) is 3.28. The van der Waals surface area contributed by atoms with E-state index in [4.69, 9.17) is 25.4 Å². The zero-order valence-electron chi connectivity index (χ0n) is 26.7. The van der Waals surface area contributed by atoms with Gasteiger partial charge in [0.25, 0.3) is 0 Å². The fraction of sp³-hybridized carbons (Fsp3) is 0.314. The highest BCUT2D eigenvalue weighted by molar-refractivity contribution is 5.94. The lowest BCUT2D eigenvalue weighted by Gasteiger charge is -2.43. The Morgan fingerprint density at radius 1 is 0.875 bits per heavy atom. The number of aliphatic carboxylic acids is 2. The van der Waals surface area contributed by atoms with Crippen molar-refractivity contribution in [3.8, 4) is 11.5 Å². The van der Waals surface area contributed by atoms with Crippen molar-refractivity contribution in [3.63, 3.8) is 0 Å². The molecule has 6 N–H and O–H groups in total. The van der Waals surface area contributed by atoms with Crippen molar-refractivity contribution in [1.29, 1.82) is 0 Å². The highest BCUT2D eigenvalue weighted by atomic mass is 19.1. The van der Waals surface area contributed by atoms with Gasteiger partial charge in [0.1, 0.15) is 17.0 Å². The molecule has 1 fully saturated rings. The van der Waals surface area contributed by atoms with Crippen LogP contribution in [0.1, 0.15) is 47.7 Å². The van der Waals surface area contributed by atoms with Crippen molar-refractivity contribution in [2.45, 2.75) is 31.6 Å². The van der Waals surface area contributed by atoms with Gasteiger partial charge in [0.15, 0.2) is 17.3 Å². The fourth-order valence-corrected chi connectivity index (χ4v) is 5.76. The summed E-state index contributed by atoms with van der Waals surface area (Å²) in [5.74, 6) is -2.91. The molecule has 11 nitrogen and oxygen atoms in total. The summed E-state index contributed by atoms with van der Waals surface area (Å²) in [4.78, 5) is 46.2. The van der Waals surface area contributed by atoms with E-state index in [1.807, 2.05) is 0 Å². The summed E-state index contributed by atoms with van der Waals surface area (Å²) in [6, 6.07) is 16.9. The molecular weight excluding hydrogens is 630 g/mol. The maximum absolute atomic E-state index is 13.8. The third kappa shape index (κ3) is 10.2. The summed E-state index contributed by atoms with van der Waals surface area (Å²) in [7, 11) is 1.54. The number of carbonyl (C=O) groups excluding carboxylic acids is 2. The number of Topliss-reactive ketones (excluding diaryl/α,β-unsaturated/α-hetero) is 1. The van der Waals surface area contributed by atoms with Crippen LogP contribution < -0.4 is 15.2 Å². The second-order valence-corrected chi connectivity index (χ2v) is 10.9. The van der Waals surface area contributed by atoms with Crippen LogP contribution in [0.15, 0.2) is 78.9 Å². The molecule has 0 saturated carbocycles. The van der Waals surface area contributed by atoms with Gasteiger partial charge in [-0.1, -0.05) is 24.3 Å². The highest BCUT2D eigenvalue weighted by Gasteiger charge is 2.48. The first-order chi connectivity index (χ1) is 22.4.